The zero-order valence-electron chi connectivity index (χ0n) is 11.6. The fourth-order valence-corrected chi connectivity index (χ4v) is 2.56. The van der Waals surface area contributed by atoms with Crippen molar-refractivity contribution >= 4 is 11.6 Å². The second kappa shape index (κ2) is 5.52. The van der Waals surface area contributed by atoms with Gasteiger partial charge in [0.25, 0.3) is 0 Å². The fraction of sp³-hybridized carbons (Fsp3) is 0.692. The first-order valence-electron chi connectivity index (χ1n) is 6.65. The number of anilines is 2. The average Bonchev–Trinajstić information content (AvgIpc) is 2.75. The maximum Gasteiger partial charge on any atom is 0.134 e. The minimum atomic E-state index is 0.541. The summed E-state index contributed by atoms with van der Waals surface area (Å²) < 4.78 is 0. The van der Waals surface area contributed by atoms with Crippen LogP contribution in [0.1, 0.15) is 25.6 Å². The molecule has 0 aromatic carbocycles. The van der Waals surface area contributed by atoms with E-state index in [-0.39, 0.29) is 0 Å². The maximum atomic E-state index is 5.86. The summed E-state index contributed by atoms with van der Waals surface area (Å²) in [4.78, 5) is 13.4. The number of aryl methyl sites for hydroxylation is 1. The monoisotopic (exact) mass is 249 g/mol. The zero-order valence-corrected chi connectivity index (χ0v) is 11.6. The van der Waals surface area contributed by atoms with E-state index in [0.29, 0.717) is 11.9 Å². The van der Waals surface area contributed by atoms with Crippen LogP contribution >= 0.6 is 0 Å². The van der Waals surface area contributed by atoms with E-state index in [9.17, 15) is 0 Å². The summed E-state index contributed by atoms with van der Waals surface area (Å²) in [5.74, 6) is 2.40. The summed E-state index contributed by atoms with van der Waals surface area (Å²) >= 11 is 0. The molecule has 0 saturated carbocycles. The first-order chi connectivity index (χ1) is 8.60. The van der Waals surface area contributed by atoms with Crippen LogP contribution in [0.25, 0.3) is 0 Å². The maximum absolute atomic E-state index is 5.86. The Morgan fingerprint density at radius 1 is 1.44 bits per heavy atom. The molecule has 0 bridgehead atoms. The van der Waals surface area contributed by atoms with Gasteiger partial charge in [-0.05, 0) is 26.9 Å². The molecule has 5 nitrogen and oxygen atoms in total. The summed E-state index contributed by atoms with van der Waals surface area (Å²) in [5, 5.41) is 0. The van der Waals surface area contributed by atoms with Gasteiger partial charge in [-0.15, -0.1) is 0 Å². The number of nitrogens with two attached hydrogens (primary N) is 1. The van der Waals surface area contributed by atoms with Crippen LogP contribution in [0.2, 0.25) is 0 Å². The van der Waals surface area contributed by atoms with Gasteiger partial charge in [0.2, 0.25) is 0 Å². The van der Waals surface area contributed by atoms with Gasteiger partial charge < -0.3 is 15.5 Å². The average molecular weight is 249 g/mol. The highest BCUT2D eigenvalue weighted by molar-refractivity contribution is 5.48. The second-order valence-corrected chi connectivity index (χ2v) is 5.17. The molecule has 1 aliphatic rings. The van der Waals surface area contributed by atoms with Gasteiger partial charge in [0.05, 0.1) is 0 Å². The van der Waals surface area contributed by atoms with Gasteiger partial charge in [-0.25, -0.2) is 9.97 Å². The highest BCUT2D eigenvalue weighted by Gasteiger charge is 2.26. The Labute approximate surface area is 109 Å². The summed E-state index contributed by atoms with van der Waals surface area (Å²) in [6.45, 7) is 4.18. The van der Waals surface area contributed by atoms with E-state index in [0.717, 1.165) is 31.2 Å². The Morgan fingerprint density at radius 2 is 2.22 bits per heavy atom. The molecular formula is C13H23N5. The van der Waals surface area contributed by atoms with Gasteiger partial charge in [-0.3, -0.25) is 0 Å². The lowest BCUT2D eigenvalue weighted by molar-refractivity contribution is 0.371. The molecule has 2 N–H and O–H groups in total. The Hall–Kier alpha value is -1.36. The largest absolute Gasteiger partial charge is 0.384 e. The number of likely N-dealkylation sites (N-methyl/N-ethyl adjacent to an activating group) is 1. The summed E-state index contributed by atoms with van der Waals surface area (Å²) in [6.07, 6.45) is 3.28. The lowest BCUT2D eigenvalue weighted by Crippen LogP contribution is -2.38. The van der Waals surface area contributed by atoms with Crippen molar-refractivity contribution in [3.63, 3.8) is 0 Å². The topological polar surface area (TPSA) is 58.3 Å². The van der Waals surface area contributed by atoms with Crippen molar-refractivity contribution in [2.45, 2.75) is 32.2 Å². The first kappa shape index (κ1) is 13.1. The van der Waals surface area contributed by atoms with Crippen LogP contribution in [0, 0.1) is 0 Å². The molecule has 1 saturated heterocycles. The molecule has 0 spiro atoms. The Morgan fingerprint density at radius 3 is 2.89 bits per heavy atom. The van der Waals surface area contributed by atoms with E-state index in [1.165, 1.54) is 12.8 Å². The fourth-order valence-electron chi connectivity index (χ4n) is 2.56. The molecule has 2 heterocycles. The Kier molecular flexibility index (Phi) is 4.01. The number of hydrogen-bond donors (Lipinski definition) is 1. The van der Waals surface area contributed by atoms with E-state index in [1.54, 1.807) is 0 Å². The quantitative estimate of drug-likeness (QED) is 0.867. The second-order valence-electron chi connectivity index (χ2n) is 5.17. The van der Waals surface area contributed by atoms with Crippen LogP contribution in [0.15, 0.2) is 6.07 Å². The minimum Gasteiger partial charge on any atom is -0.384 e. The highest BCUT2D eigenvalue weighted by atomic mass is 15.3. The zero-order chi connectivity index (χ0) is 13.1. The predicted molar refractivity (Wildman–Crippen MR) is 74.7 cm³/mol. The van der Waals surface area contributed by atoms with E-state index >= 15 is 0 Å². The van der Waals surface area contributed by atoms with Crippen molar-refractivity contribution in [3.05, 3.63) is 11.9 Å². The number of rotatable bonds is 4. The van der Waals surface area contributed by atoms with Crippen molar-refractivity contribution in [2.75, 3.05) is 37.8 Å². The highest BCUT2D eigenvalue weighted by Crippen LogP contribution is 2.25. The molecule has 18 heavy (non-hydrogen) atoms. The Balaban J connectivity index is 2.21. The molecule has 0 radical (unpaired) electrons. The summed E-state index contributed by atoms with van der Waals surface area (Å²) in [7, 11) is 4.23. The van der Waals surface area contributed by atoms with E-state index in [1.807, 2.05) is 6.07 Å². The lowest BCUT2D eigenvalue weighted by atomic mass is 10.2. The summed E-state index contributed by atoms with van der Waals surface area (Å²) in [5.41, 5.74) is 5.86. The van der Waals surface area contributed by atoms with Gasteiger partial charge in [-0.1, -0.05) is 6.92 Å². The molecule has 1 unspecified atom stereocenters. The van der Waals surface area contributed by atoms with Gasteiger partial charge in [0.15, 0.2) is 0 Å². The lowest BCUT2D eigenvalue weighted by Gasteiger charge is -2.28. The van der Waals surface area contributed by atoms with Crippen LogP contribution in [-0.2, 0) is 6.42 Å². The summed E-state index contributed by atoms with van der Waals surface area (Å²) in [6, 6.07) is 2.44. The first-order valence-corrected chi connectivity index (χ1v) is 6.65. The SMILES string of the molecule is CCc1nc(N)cc(N2CCCC2CN(C)C)n1. The molecule has 0 amide bonds. The number of nitrogen functional groups attached to an aromatic ring is 1. The van der Waals surface area contributed by atoms with E-state index in [2.05, 4.69) is 40.8 Å². The van der Waals surface area contributed by atoms with Gasteiger partial charge >= 0.3 is 0 Å². The van der Waals surface area contributed by atoms with Crippen molar-refractivity contribution in [1.29, 1.82) is 0 Å². The van der Waals surface area contributed by atoms with E-state index in [4.69, 9.17) is 5.73 Å². The molecule has 5 heteroatoms. The van der Waals surface area contributed by atoms with Gasteiger partial charge in [-0.2, -0.15) is 0 Å². The standard InChI is InChI=1S/C13H23N5/c1-4-12-15-11(14)8-13(16-12)18-7-5-6-10(18)9-17(2)3/h8,10H,4-7,9H2,1-3H3,(H2,14,15,16). The van der Waals surface area contributed by atoms with E-state index < -0.39 is 0 Å². The normalized spacial score (nSPS) is 19.8. The number of nitrogens with zero attached hydrogens (tertiary/aromatic N) is 4. The molecule has 1 fully saturated rings. The molecule has 1 atom stereocenters. The number of aromatic nitrogens is 2. The van der Waals surface area contributed by atoms with Gasteiger partial charge in [0, 0.05) is 31.6 Å². The third kappa shape index (κ3) is 2.90. The third-order valence-corrected chi connectivity index (χ3v) is 3.34. The molecule has 100 valence electrons. The molecule has 1 aromatic heterocycles. The molecule has 1 aliphatic heterocycles. The third-order valence-electron chi connectivity index (χ3n) is 3.34. The molecule has 0 aliphatic carbocycles. The van der Waals surface area contributed by atoms with Crippen LogP contribution in [0.5, 0.6) is 0 Å². The molecule has 2 rings (SSSR count). The molecule has 1 aromatic rings. The van der Waals surface area contributed by atoms with Crippen LogP contribution in [0.3, 0.4) is 0 Å². The molecular weight excluding hydrogens is 226 g/mol. The number of hydrogen-bond acceptors (Lipinski definition) is 5. The minimum absolute atomic E-state index is 0.541. The Bertz CT molecular complexity index is 404. The van der Waals surface area contributed by atoms with Crippen LogP contribution in [-0.4, -0.2) is 48.1 Å². The predicted octanol–water partition coefficient (Wildman–Crippen LogP) is 1.15. The van der Waals surface area contributed by atoms with Crippen LogP contribution < -0.4 is 10.6 Å². The van der Waals surface area contributed by atoms with Crippen molar-refractivity contribution in [2.24, 2.45) is 0 Å². The van der Waals surface area contributed by atoms with Crippen molar-refractivity contribution in [3.8, 4) is 0 Å². The van der Waals surface area contributed by atoms with Crippen molar-refractivity contribution in [1.82, 2.24) is 14.9 Å². The smallest absolute Gasteiger partial charge is 0.134 e. The van der Waals surface area contributed by atoms with Gasteiger partial charge in [0.1, 0.15) is 17.5 Å². The van der Waals surface area contributed by atoms with Crippen molar-refractivity contribution < 1.29 is 0 Å². The van der Waals surface area contributed by atoms with Crippen LogP contribution in [0.4, 0.5) is 11.6 Å².